The second-order valence-electron chi connectivity index (χ2n) is 4.68. The minimum atomic E-state index is 0.0308. The van der Waals surface area contributed by atoms with Crippen LogP contribution >= 0.6 is 23.2 Å². The van der Waals surface area contributed by atoms with E-state index in [9.17, 15) is 5.11 Å². The van der Waals surface area contributed by atoms with Crippen LogP contribution in [0.15, 0.2) is 48.5 Å². The van der Waals surface area contributed by atoms with Crippen molar-refractivity contribution in [2.75, 3.05) is 7.11 Å². The Morgan fingerprint density at radius 2 is 1.62 bits per heavy atom. The van der Waals surface area contributed by atoms with Crippen molar-refractivity contribution in [1.29, 1.82) is 0 Å². The van der Waals surface area contributed by atoms with E-state index in [0.29, 0.717) is 10.4 Å². The van der Waals surface area contributed by atoms with Gasteiger partial charge in [-0.2, -0.15) is 0 Å². The molecular formula is C17H12Cl2O2. The maximum absolute atomic E-state index is 9.68. The van der Waals surface area contributed by atoms with Gasteiger partial charge in [-0.3, -0.25) is 0 Å². The molecule has 0 radical (unpaired) electrons. The number of methoxy groups -OCH3 is 1. The molecular weight excluding hydrogens is 307 g/mol. The number of fused-ring (bicyclic) bond motifs is 1. The van der Waals surface area contributed by atoms with Crippen molar-refractivity contribution < 1.29 is 9.84 Å². The average Bonchev–Trinajstić information content (AvgIpc) is 2.50. The van der Waals surface area contributed by atoms with Gasteiger partial charge in [0.25, 0.3) is 0 Å². The van der Waals surface area contributed by atoms with Crippen molar-refractivity contribution in [3.63, 3.8) is 0 Å². The van der Waals surface area contributed by atoms with E-state index in [4.69, 9.17) is 27.9 Å². The highest BCUT2D eigenvalue weighted by Gasteiger charge is 2.10. The normalized spacial score (nSPS) is 10.8. The quantitative estimate of drug-likeness (QED) is 0.673. The molecule has 0 heterocycles. The number of ether oxygens (including phenoxy) is 1. The third kappa shape index (κ3) is 2.53. The summed E-state index contributed by atoms with van der Waals surface area (Å²) in [4.78, 5) is 0. The Labute approximate surface area is 132 Å². The number of hydrogen-bond donors (Lipinski definition) is 1. The molecule has 0 spiro atoms. The summed E-state index contributed by atoms with van der Waals surface area (Å²) in [6.45, 7) is 0. The second-order valence-corrected chi connectivity index (χ2v) is 5.47. The van der Waals surface area contributed by atoms with Crippen LogP contribution in [0.5, 0.6) is 11.5 Å². The van der Waals surface area contributed by atoms with Gasteiger partial charge in [0, 0.05) is 5.39 Å². The zero-order valence-electron chi connectivity index (χ0n) is 11.2. The zero-order valence-corrected chi connectivity index (χ0v) is 12.7. The summed E-state index contributed by atoms with van der Waals surface area (Å²) >= 11 is 12.4. The van der Waals surface area contributed by atoms with E-state index in [1.165, 1.54) is 0 Å². The molecule has 0 fully saturated rings. The van der Waals surface area contributed by atoms with Gasteiger partial charge >= 0.3 is 0 Å². The van der Waals surface area contributed by atoms with Crippen molar-refractivity contribution in [2.45, 2.75) is 0 Å². The molecule has 106 valence electrons. The van der Waals surface area contributed by atoms with Gasteiger partial charge in [0.05, 0.1) is 17.2 Å². The summed E-state index contributed by atoms with van der Waals surface area (Å²) in [5.74, 6) is 0.835. The van der Waals surface area contributed by atoms with Crippen LogP contribution < -0.4 is 4.74 Å². The fraction of sp³-hybridized carbons (Fsp3) is 0.0588. The van der Waals surface area contributed by atoms with Gasteiger partial charge in [0.15, 0.2) is 0 Å². The van der Waals surface area contributed by atoms with Crippen LogP contribution in [0.3, 0.4) is 0 Å². The lowest BCUT2D eigenvalue weighted by Crippen LogP contribution is -1.84. The van der Waals surface area contributed by atoms with Crippen molar-refractivity contribution in [3.05, 3.63) is 58.6 Å². The number of phenolic OH excluding ortho intramolecular Hbond substituents is 1. The number of rotatable bonds is 2. The van der Waals surface area contributed by atoms with E-state index < -0.39 is 0 Å². The molecule has 0 saturated carbocycles. The molecule has 3 aromatic rings. The molecule has 21 heavy (non-hydrogen) atoms. The standard InChI is InChI=1S/C17H12Cl2O2/c1-21-13-5-2-10(3-6-13)12-8-11-4-7-15(20)17(19)16(11)14(18)9-12/h2-9,20H,1H3. The first-order valence-corrected chi connectivity index (χ1v) is 7.11. The molecule has 0 aliphatic carbocycles. The lowest BCUT2D eigenvalue weighted by molar-refractivity contribution is 0.415. The molecule has 0 aliphatic rings. The molecule has 0 unspecified atom stereocenters. The van der Waals surface area contributed by atoms with Crippen LogP contribution in [-0.4, -0.2) is 12.2 Å². The van der Waals surface area contributed by atoms with E-state index in [1.807, 2.05) is 36.4 Å². The van der Waals surface area contributed by atoms with Crippen LogP contribution in [0, 0.1) is 0 Å². The van der Waals surface area contributed by atoms with E-state index in [2.05, 4.69) is 0 Å². The van der Waals surface area contributed by atoms with Crippen molar-refractivity contribution in [1.82, 2.24) is 0 Å². The van der Waals surface area contributed by atoms with Gasteiger partial charge in [-0.1, -0.05) is 41.4 Å². The minimum absolute atomic E-state index is 0.0308. The Morgan fingerprint density at radius 1 is 0.905 bits per heavy atom. The highest BCUT2D eigenvalue weighted by molar-refractivity contribution is 6.43. The van der Waals surface area contributed by atoms with Gasteiger partial charge in [-0.25, -0.2) is 0 Å². The lowest BCUT2D eigenvalue weighted by atomic mass is 10.0. The SMILES string of the molecule is COc1ccc(-c2cc(Cl)c3c(Cl)c(O)ccc3c2)cc1. The van der Waals surface area contributed by atoms with Crippen molar-refractivity contribution >= 4 is 34.0 Å². The highest BCUT2D eigenvalue weighted by atomic mass is 35.5. The number of halogens is 2. The summed E-state index contributed by atoms with van der Waals surface area (Å²) < 4.78 is 5.16. The predicted octanol–water partition coefficient (Wildman–Crippen LogP) is 5.53. The summed E-state index contributed by atoms with van der Waals surface area (Å²) in [5.41, 5.74) is 2.01. The number of aromatic hydroxyl groups is 1. The summed E-state index contributed by atoms with van der Waals surface area (Å²) in [5, 5.41) is 12.0. The molecule has 0 atom stereocenters. The van der Waals surface area contributed by atoms with Gasteiger partial charge in [0.1, 0.15) is 11.5 Å². The van der Waals surface area contributed by atoms with Crippen molar-refractivity contribution in [3.8, 4) is 22.6 Å². The summed E-state index contributed by atoms with van der Waals surface area (Å²) in [6, 6.07) is 14.9. The molecule has 0 aromatic heterocycles. The molecule has 0 bridgehead atoms. The van der Waals surface area contributed by atoms with Crippen LogP contribution in [0.1, 0.15) is 0 Å². The van der Waals surface area contributed by atoms with E-state index >= 15 is 0 Å². The molecule has 2 nitrogen and oxygen atoms in total. The van der Waals surface area contributed by atoms with Gasteiger partial charge in [-0.15, -0.1) is 0 Å². The van der Waals surface area contributed by atoms with E-state index in [1.54, 1.807) is 19.2 Å². The average molecular weight is 319 g/mol. The first-order valence-electron chi connectivity index (χ1n) is 6.35. The summed E-state index contributed by atoms with van der Waals surface area (Å²) in [7, 11) is 1.64. The molecule has 1 N–H and O–H groups in total. The third-order valence-corrected chi connectivity index (χ3v) is 4.09. The third-order valence-electron chi connectivity index (χ3n) is 3.41. The minimum Gasteiger partial charge on any atom is -0.506 e. The molecule has 3 aromatic carbocycles. The Balaban J connectivity index is 2.18. The Bertz CT molecular complexity index is 811. The van der Waals surface area contributed by atoms with E-state index in [-0.39, 0.29) is 10.8 Å². The number of phenols is 1. The molecule has 4 heteroatoms. The summed E-state index contributed by atoms with van der Waals surface area (Å²) in [6.07, 6.45) is 0. The van der Waals surface area contributed by atoms with Crippen LogP contribution in [0.25, 0.3) is 21.9 Å². The Morgan fingerprint density at radius 3 is 2.29 bits per heavy atom. The smallest absolute Gasteiger partial charge is 0.134 e. The largest absolute Gasteiger partial charge is 0.506 e. The van der Waals surface area contributed by atoms with Crippen LogP contribution in [0.2, 0.25) is 10.0 Å². The molecule has 3 rings (SSSR count). The fourth-order valence-corrected chi connectivity index (χ4v) is 2.95. The van der Waals surface area contributed by atoms with E-state index in [0.717, 1.165) is 22.3 Å². The van der Waals surface area contributed by atoms with Gasteiger partial charge in [-0.05, 0) is 46.8 Å². The second kappa shape index (κ2) is 5.47. The Kier molecular flexibility index (Phi) is 3.66. The topological polar surface area (TPSA) is 29.5 Å². The van der Waals surface area contributed by atoms with Crippen LogP contribution in [0.4, 0.5) is 0 Å². The molecule has 0 saturated heterocycles. The predicted molar refractivity (Wildman–Crippen MR) is 87.6 cm³/mol. The van der Waals surface area contributed by atoms with Gasteiger partial charge in [0.2, 0.25) is 0 Å². The number of benzene rings is 3. The fourth-order valence-electron chi connectivity index (χ4n) is 2.31. The van der Waals surface area contributed by atoms with Crippen LogP contribution in [-0.2, 0) is 0 Å². The monoisotopic (exact) mass is 318 g/mol. The first-order chi connectivity index (χ1) is 10.1. The van der Waals surface area contributed by atoms with Crippen molar-refractivity contribution in [2.24, 2.45) is 0 Å². The maximum Gasteiger partial charge on any atom is 0.134 e. The lowest BCUT2D eigenvalue weighted by Gasteiger charge is -2.09. The molecule has 0 amide bonds. The molecule has 0 aliphatic heterocycles. The Hall–Kier alpha value is -1.90. The van der Waals surface area contributed by atoms with Gasteiger partial charge < -0.3 is 9.84 Å². The first kappa shape index (κ1) is 14.1. The zero-order chi connectivity index (χ0) is 15.0. The maximum atomic E-state index is 9.68. The number of hydrogen-bond acceptors (Lipinski definition) is 2. The highest BCUT2D eigenvalue weighted by Crippen LogP contribution is 2.39.